The van der Waals surface area contributed by atoms with Crippen LogP contribution in [0.4, 0.5) is 4.39 Å². The third-order valence-electron chi connectivity index (χ3n) is 3.45. The van der Waals surface area contributed by atoms with Crippen molar-refractivity contribution in [3.05, 3.63) is 23.5 Å². The third kappa shape index (κ3) is 2.87. The molecule has 4 nitrogen and oxygen atoms in total. The second-order valence-corrected chi connectivity index (χ2v) is 4.58. The Hall–Kier alpha value is -1.62. The van der Waals surface area contributed by atoms with Crippen molar-refractivity contribution in [2.24, 2.45) is 5.92 Å². The predicted molar refractivity (Wildman–Crippen MR) is 69.4 cm³/mol. The van der Waals surface area contributed by atoms with Crippen molar-refractivity contribution >= 4 is 5.78 Å². The Morgan fingerprint density at radius 1 is 1.21 bits per heavy atom. The first kappa shape index (κ1) is 13.8. The molecule has 1 aromatic rings. The van der Waals surface area contributed by atoms with Crippen LogP contribution in [0.3, 0.4) is 0 Å². The van der Waals surface area contributed by atoms with Crippen LogP contribution in [0.1, 0.15) is 23.2 Å². The minimum Gasteiger partial charge on any atom is -0.493 e. The van der Waals surface area contributed by atoms with Crippen LogP contribution in [0, 0.1) is 11.7 Å². The summed E-state index contributed by atoms with van der Waals surface area (Å²) in [5.74, 6) is -0.155. The lowest BCUT2D eigenvalue weighted by atomic mass is 9.89. The standard InChI is InChI=1S/C14H18FNO3/c1-18-12-7-10(11(15)8-13(12)19-2)14(17)9-3-5-16-6-4-9/h7-9,16H,3-6H2,1-2H3. The number of nitrogens with one attached hydrogen (secondary N) is 1. The van der Waals surface area contributed by atoms with Gasteiger partial charge in [-0.25, -0.2) is 4.39 Å². The maximum atomic E-state index is 14.0. The van der Waals surface area contributed by atoms with Crippen molar-refractivity contribution < 1.29 is 18.7 Å². The van der Waals surface area contributed by atoms with E-state index in [1.54, 1.807) is 0 Å². The number of rotatable bonds is 4. The molecule has 1 aromatic carbocycles. The summed E-state index contributed by atoms with van der Waals surface area (Å²) in [4.78, 5) is 12.3. The Labute approximate surface area is 111 Å². The number of hydrogen-bond acceptors (Lipinski definition) is 4. The van der Waals surface area contributed by atoms with Crippen LogP contribution >= 0.6 is 0 Å². The number of halogens is 1. The zero-order valence-electron chi connectivity index (χ0n) is 11.2. The number of benzene rings is 1. The van der Waals surface area contributed by atoms with Gasteiger partial charge in [0.2, 0.25) is 0 Å². The van der Waals surface area contributed by atoms with E-state index in [0.717, 1.165) is 25.9 Å². The van der Waals surface area contributed by atoms with Gasteiger partial charge < -0.3 is 14.8 Å². The van der Waals surface area contributed by atoms with E-state index in [4.69, 9.17) is 9.47 Å². The van der Waals surface area contributed by atoms with Crippen LogP contribution in [0.25, 0.3) is 0 Å². The summed E-state index contributed by atoms with van der Waals surface area (Å²) in [5, 5.41) is 3.19. The molecule has 0 atom stereocenters. The molecule has 19 heavy (non-hydrogen) atoms. The maximum absolute atomic E-state index is 14.0. The topological polar surface area (TPSA) is 47.6 Å². The fraction of sp³-hybridized carbons (Fsp3) is 0.500. The molecule has 2 rings (SSSR count). The van der Waals surface area contributed by atoms with Gasteiger partial charge >= 0.3 is 0 Å². The number of carbonyl (C=O) groups is 1. The van der Waals surface area contributed by atoms with E-state index in [1.165, 1.54) is 26.4 Å². The molecular formula is C14H18FNO3. The van der Waals surface area contributed by atoms with Crippen LogP contribution in [-0.4, -0.2) is 33.1 Å². The van der Waals surface area contributed by atoms with E-state index in [1.807, 2.05) is 0 Å². The summed E-state index contributed by atoms with van der Waals surface area (Å²) >= 11 is 0. The highest BCUT2D eigenvalue weighted by molar-refractivity contribution is 5.98. The number of Topliss-reactive ketones (excluding diaryl/α,β-unsaturated/α-hetero) is 1. The van der Waals surface area contributed by atoms with Gasteiger partial charge in [0.25, 0.3) is 0 Å². The first-order chi connectivity index (χ1) is 9.17. The highest BCUT2D eigenvalue weighted by atomic mass is 19.1. The van der Waals surface area contributed by atoms with E-state index in [-0.39, 0.29) is 17.3 Å². The second kappa shape index (κ2) is 6.02. The predicted octanol–water partition coefficient (Wildman–Crippen LogP) is 2.03. The Morgan fingerprint density at radius 2 is 1.79 bits per heavy atom. The molecule has 0 saturated carbocycles. The van der Waals surface area contributed by atoms with E-state index in [0.29, 0.717) is 11.5 Å². The second-order valence-electron chi connectivity index (χ2n) is 4.58. The molecule has 0 aliphatic carbocycles. The highest BCUT2D eigenvalue weighted by Gasteiger charge is 2.26. The first-order valence-corrected chi connectivity index (χ1v) is 6.33. The number of carbonyl (C=O) groups excluding carboxylic acids is 1. The van der Waals surface area contributed by atoms with Crippen molar-refractivity contribution in [2.75, 3.05) is 27.3 Å². The molecular weight excluding hydrogens is 249 g/mol. The summed E-state index contributed by atoms with van der Waals surface area (Å²) in [6.45, 7) is 1.59. The minimum atomic E-state index is -0.554. The zero-order chi connectivity index (χ0) is 13.8. The Bertz CT molecular complexity index is 470. The number of hydrogen-bond donors (Lipinski definition) is 1. The number of methoxy groups -OCH3 is 2. The van der Waals surface area contributed by atoms with Gasteiger partial charge in [-0.05, 0) is 32.0 Å². The molecule has 1 heterocycles. The van der Waals surface area contributed by atoms with Crippen LogP contribution in [0.5, 0.6) is 11.5 Å². The van der Waals surface area contributed by atoms with Crippen molar-refractivity contribution in [1.29, 1.82) is 0 Å². The van der Waals surface area contributed by atoms with Gasteiger partial charge in [0.15, 0.2) is 17.3 Å². The summed E-state index contributed by atoms with van der Waals surface area (Å²) in [5.41, 5.74) is 0.0875. The fourth-order valence-electron chi connectivity index (χ4n) is 2.35. The molecule has 0 aromatic heterocycles. The first-order valence-electron chi connectivity index (χ1n) is 6.33. The van der Waals surface area contributed by atoms with Gasteiger partial charge in [0.1, 0.15) is 5.82 Å². The van der Waals surface area contributed by atoms with Gasteiger partial charge in [-0.1, -0.05) is 0 Å². The molecule has 0 unspecified atom stereocenters. The zero-order valence-corrected chi connectivity index (χ0v) is 11.2. The molecule has 5 heteroatoms. The molecule has 104 valence electrons. The third-order valence-corrected chi connectivity index (χ3v) is 3.45. The molecule has 0 spiro atoms. The maximum Gasteiger partial charge on any atom is 0.169 e. The smallest absolute Gasteiger partial charge is 0.169 e. The molecule has 0 radical (unpaired) electrons. The lowest BCUT2D eigenvalue weighted by Gasteiger charge is -2.22. The quantitative estimate of drug-likeness (QED) is 0.848. The largest absolute Gasteiger partial charge is 0.493 e. The molecule has 1 saturated heterocycles. The van der Waals surface area contributed by atoms with E-state index >= 15 is 0 Å². The monoisotopic (exact) mass is 267 g/mol. The van der Waals surface area contributed by atoms with Gasteiger partial charge in [-0.3, -0.25) is 4.79 Å². The van der Waals surface area contributed by atoms with Crippen molar-refractivity contribution in [2.45, 2.75) is 12.8 Å². The highest BCUT2D eigenvalue weighted by Crippen LogP contribution is 2.31. The summed E-state index contributed by atoms with van der Waals surface area (Å²) < 4.78 is 24.1. The normalized spacial score (nSPS) is 16.2. The van der Waals surface area contributed by atoms with Crippen LogP contribution in [-0.2, 0) is 0 Å². The van der Waals surface area contributed by atoms with Crippen molar-refractivity contribution in [3.8, 4) is 11.5 Å². The summed E-state index contributed by atoms with van der Waals surface area (Å²) in [7, 11) is 2.90. The number of ketones is 1. The lowest BCUT2D eigenvalue weighted by Crippen LogP contribution is -2.32. The Morgan fingerprint density at radius 3 is 2.37 bits per heavy atom. The number of ether oxygens (including phenoxy) is 2. The van der Waals surface area contributed by atoms with Gasteiger partial charge in [-0.2, -0.15) is 0 Å². The molecule has 1 aliphatic heterocycles. The molecule has 1 N–H and O–H groups in total. The average Bonchev–Trinajstić information content (AvgIpc) is 2.47. The Kier molecular flexibility index (Phi) is 4.37. The van der Waals surface area contributed by atoms with Crippen LogP contribution in [0.15, 0.2) is 12.1 Å². The van der Waals surface area contributed by atoms with E-state index in [9.17, 15) is 9.18 Å². The molecule has 0 amide bonds. The van der Waals surface area contributed by atoms with Crippen LogP contribution < -0.4 is 14.8 Å². The van der Waals surface area contributed by atoms with Crippen molar-refractivity contribution in [1.82, 2.24) is 5.32 Å². The van der Waals surface area contributed by atoms with E-state index < -0.39 is 5.82 Å². The van der Waals surface area contributed by atoms with Gasteiger partial charge in [0.05, 0.1) is 19.8 Å². The fourth-order valence-corrected chi connectivity index (χ4v) is 2.35. The van der Waals surface area contributed by atoms with Crippen molar-refractivity contribution in [3.63, 3.8) is 0 Å². The van der Waals surface area contributed by atoms with Crippen LogP contribution in [0.2, 0.25) is 0 Å². The minimum absolute atomic E-state index is 0.0875. The van der Waals surface area contributed by atoms with E-state index in [2.05, 4.69) is 5.32 Å². The van der Waals surface area contributed by atoms with Gasteiger partial charge in [-0.15, -0.1) is 0 Å². The summed E-state index contributed by atoms with van der Waals surface area (Å²) in [6, 6.07) is 2.63. The SMILES string of the molecule is COc1cc(F)c(C(=O)C2CCNCC2)cc1OC. The molecule has 0 bridgehead atoms. The van der Waals surface area contributed by atoms with Gasteiger partial charge in [0, 0.05) is 12.0 Å². The molecule has 1 fully saturated rings. The Balaban J connectivity index is 2.30. The average molecular weight is 267 g/mol. The molecule has 1 aliphatic rings. The summed E-state index contributed by atoms with van der Waals surface area (Å²) in [6.07, 6.45) is 1.49. The lowest BCUT2D eigenvalue weighted by molar-refractivity contribution is 0.0890. The number of piperidine rings is 1.